The molecule has 1 saturated heterocycles. The van der Waals surface area contributed by atoms with Crippen LogP contribution in [-0.4, -0.2) is 55.0 Å². The number of esters is 1. The maximum atomic E-state index is 12.9. The zero-order chi connectivity index (χ0) is 21.9. The Labute approximate surface area is 170 Å². The van der Waals surface area contributed by atoms with Crippen LogP contribution >= 0.6 is 0 Å². The van der Waals surface area contributed by atoms with Crippen LogP contribution in [0.2, 0.25) is 0 Å². The lowest BCUT2D eigenvalue weighted by atomic mass is 10.1. The Morgan fingerprint density at radius 2 is 1.90 bits per heavy atom. The molecule has 1 aliphatic rings. The quantitative estimate of drug-likeness (QED) is 0.652. The number of rotatable bonds is 5. The lowest BCUT2D eigenvalue weighted by molar-refractivity contribution is -0.141. The van der Waals surface area contributed by atoms with Crippen molar-refractivity contribution in [1.29, 1.82) is 0 Å². The first-order chi connectivity index (χ1) is 14.1. The number of alkyl halides is 3. The van der Waals surface area contributed by atoms with Gasteiger partial charge in [0, 0.05) is 12.7 Å². The van der Waals surface area contributed by atoms with E-state index in [0.717, 1.165) is 12.3 Å². The number of nitrogens with zero attached hydrogens (tertiary/aromatic N) is 3. The highest BCUT2D eigenvalue weighted by atomic mass is 32.2. The standard InChI is InChI=1S/C18H18F3N3O5S/c1-28-16(25)12-4-6-14(7-5-12)30(26,27)24-10-2-3-13(11-24)29-17-22-9-8-15(23-17)18(19,20)21/h4-9,13H,2-3,10-11H2,1H3. The van der Waals surface area contributed by atoms with Crippen LogP contribution in [0.15, 0.2) is 41.4 Å². The molecule has 0 radical (unpaired) electrons. The van der Waals surface area contributed by atoms with Crippen molar-refractivity contribution in [2.75, 3.05) is 20.2 Å². The summed E-state index contributed by atoms with van der Waals surface area (Å²) in [5.74, 6) is -0.591. The largest absolute Gasteiger partial charge is 0.465 e. The highest BCUT2D eigenvalue weighted by molar-refractivity contribution is 7.89. The lowest BCUT2D eigenvalue weighted by Gasteiger charge is -2.31. The van der Waals surface area contributed by atoms with E-state index in [1.807, 2.05) is 0 Å². The lowest BCUT2D eigenvalue weighted by Crippen LogP contribution is -2.44. The number of hydrogen-bond acceptors (Lipinski definition) is 7. The van der Waals surface area contributed by atoms with E-state index in [9.17, 15) is 26.4 Å². The van der Waals surface area contributed by atoms with Crippen molar-refractivity contribution >= 4 is 16.0 Å². The van der Waals surface area contributed by atoms with Crippen LogP contribution in [0.1, 0.15) is 28.9 Å². The summed E-state index contributed by atoms with van der Waals surface area (Å²) >= 11 is 0. The number of methoxy groups -OCH3 is 1. The van der Waals surface area contributed by atoms with Crippen molar-refractivity contribution in [1.82, 2.24) is 14.3 Å². The molecule has 1 aromatic heterocycles. The van der Waals surface area contributed by atoms with Gasteiger partial charge >= 0.3 is 18.2 Å². The third-order valence-corrected chi connectivity index (χ3v) is 6.33. The van der Waals surface area contributed by atoms with Gasteiger partial charge in [0.15, 0.2) is 5.69 Å². The highest BCUT2D eigenvalue weighted by Crippen LogP contribution is 2.29. The SMILES string of the molecule is COC(=O)c1ccc(S(=O)(=O)N2CCCC(Oc3nccc(C(F)(F)F)n3)C2)cc1. The maximum absolute atomic E-state index is 12.9. The zero-order valence-electron chi connectivity index (χ0n) is 15.8. The normalized spacial score (nSPS) is 18.1. The van der Waals surface area contributed by atoms with Gasteiger partial charge in [-0.3, -0.25) is 0 Å². The molecule has 1 atom stereocenters. The van der Waals surface area contributed by atoms with E-state index in [0.29, 0.717) is 12.8 Å². The summed E-state index contributed by atoms with van der Waals surface area (Å²) in [6, 6.07) is 5.53. The molecule has 30 heavy (non-hydrogen) atoms. The van der Waals surface area contributed by atoms with E-state index in [2.05, 4.69) is 14.7 Å². The van der Waals surface area contributed by atoms with E-state index in [1.54, 1.807) is 0 Å². The maximum Gasteiger partial charge on any atom is 0.433 e. The minimum absolute atomic E-state index is 0.0221. The van der Waals surface area contributed by atoms with Crippen LogP contribution in [0, 0.1) is 0 Å². The van der Waals surface area contributed by atoms with Crippen molar-refractivity contribution in [3.8, 4) is 6.01 Å². The van der Waals surface area contributed by atoms with Crippen LogP contribution in [-0.2, 0) is 20.9 Å². The molecule has 0 saturated carbocycles. The first-order valence-electron chi connectivity index (χ1n) is 8.86. The van der Waals surface area contributed by atoms with Crippen LogP contribution < -0.4 is 4.74 Å². The summed E-state index contributed by atoms with van der Waals surface area (Å²) in [4.78, 5) is 18.5. The molecular formula is C18H18F3N3O5S. The van der Waals surface area contributed by atoms with Gasteiger partial charge in [0.1, 0.15) is 6.10 Å². The van der Waals surface area contributed by atoms with Gasteiger partial charge in [-0.05, 0) is 43.2 Å². The Kier molecular flexibility index (Phi) is 6.27. The van der Waals surface area contributed by atoms with Crippen LogP contribution in [0.5, 0.6) is 6.01 Å². The van der Waals surface area contributed by atoms with Crippen molar-refractivity contribution in [2.24, 2.45) is 0 Å². The molecule has 12 heteroatoms. The van der Waals surface area contributed by atoms with Crippen molar-refractivity contribution in [3.63, 3.8) is 0 Å². The van der Waals surface area contributed by atoms with Gasteiger partial charge in [0.25, 0.3) is 0 Å². The molecule has 0 bridgehead atoms. The fourth-order valence-electron chi connectivity index (χ4n) is 2.95. The van der Waals surface area contributed by atoms with E-state index < -0.39 is 40.0 Å². The molecule has 2 aromatic rings. The smallest absolute Gasteiger partial charge is 0.433 e. The number of halogens is 3. The third kappa shape index (κ3) is 4.87. The van der Waals surface area contributed by atoms with Crippen LogP contribution in [0.25, 0.3) is 0 Å². The molecule has 1 fully saturated rings. The number of sulfonamides is 1. The molecule has 0 aliphatic carbocycles. The van der Waals surface area contributed by atoms with E-state index in [-0.39, 0.29) is 23.5 Å². The summed E-state index contributed by atoms with van der Waals surface area (Å²) in [6.07, 6.45) is -3.52. The summed E-state index contributed by atoms with van der Waals surface area (Å²) in [5.41, 5.74) is -0.934. The molecule has 0 spiro atoms. The Bertz CT molecular complexity index is 1010. The number of hydrogen-bond donors (Lipinski definition) is 0. The molecule has 0 amide bonds. The van der Waals surface area contributed by atoms with Gasteiger partial charge < -0.3 is 9.47 Å². The van der Waals surface area contributed by atoms with Crippen molar-refractivity contribution < 1.29 is 35.9 Å². The Morgan fingerprint density at radius 3 is 2.53 bits per heavy atom. The van der Waals surface area contributed by atoms with Gasteiger partial charge in [-0.2, -0.15) is 22.5 Å². The molecule has 1 aromatic carbocycles. The average molecular weight is 445 g/mol. The molecule has 8 nitrogen and oxygen atoms in total. The number of piperidine rings is 1. The Balaban J connectivity index is 1.73. The minimum atomic E-state index is -4.64. The number of carbonyl (C=O) groups excluding carboxylic acids is 1. The molecule has 2 heterocycles. The fourth-order valence-corrected chi connectivity index (χ4v) is 4.46. The second-order valence-electron chi connectivity index (χ2n) is 6.48. The van der Waals surface area contributed by atoms with E-state index in [1.165, 1.54) is 35.7 Å². The third-order valence-electron chi connectivity index (χ3n) is 4.45. The summed E-state index contributed by atoms with van der Waals surface area (Å²) in [7, 11) is -2.67. The predicted octanol–water partition coefficient (Wildman–Crippen LogP) is 2.51. The van der Waals surface area contributed by atoms with Gasteiger partial charge in [-0.1, -0.05) is 0 Å². The number of benzene rings is 1. The predicted molar refractivity (Wildman–Crippen MR) is 97.2 cm³/mol. The Hall–Kier alpha value is -2.73. The molecule has 1 unspecified atom stereocenters. The van der Waals surface area contributed by atoms with Crippen LogP contribution in [0.3, 0.4) is 0 Å². The Morgan fingerprint density at radius 1 is 1.20 bits per heavy atom. The molecule has 3 rings (SSSR count). The van der Waals surface area contributed by atoms with Gasteiger partial charge in [-0.15, -0.1) is 0 Å². The van der Waals surface area contributed by atoms with Crippen molar-refractivity contribution in [2.45, 2.75) is 30.0 Å². The average Bonchev–Trinajstić information content (AvgIpc) is 2.73. The number of carbonyl (C=O) groups is 1. The summed E-state index contributed by atoms with van der Waals surface area (Å²) in [5, 5.41) is 0. The molecule has 1 aliphatic heterocycles. The molecule has 0 N–H and O–H groups in total. The first-order valence-corrected chi connectivity index (χ1v) is 10.3. The first kappa shape index (κ1) is 22.0. The van der Waals surface area contributed by atoms with E-state index >= 15 is 0 Å². The topological polar surface area (TPSA) is 98.7 Å². The fraction of sp³-hybridized carbons (Fsp3) is 0.389. The zero-order valence-corrected chi connectivity index (χ0v) is 16.6. The van der Waals surface area contributed by atoms with E-state index in [4.69, 9.17) is 4.74 Å². The van der Waals surface area contributed by atoms with Gasteiger partial charge in [0.2, 0.25) is 10.0 Å². The molecular weight excluding hydrogens is 427 g/mol. The number of aromatic nitrogens is 2. The van der Waals surface area contributed by atoms with Crippen molar-refractivity contribution in [3.05, 3.63) is 47.8 Å². The number of ether oxygens (including phenoxy) is 2. The second kappa shape index (κ2) is 8.56. The highest BCUT2D eigenvalue weighted by Gasteiger charge is 2.34. The second-order valence-corrected chi connectivity index (χ2v) is 8.42. The minimum Gasteiger partial charge on any atom is -0.465 e. The molecule has 162 valence electrons. The summed E-state index contributed by atoms with van der Waals surface area (Å²) < 4.78 is 75.4. The van der Waals surface area contributed by atoms with Crippen LogP contribution in [0.4, 0.5) is 13.2 Å². The van der Waals surface area contributed by atoms with Gasteiger partial charge in [0.05, 0.1) is 24.1 Å². The monoisotopic (exact) mass is 445 g/mol. The summed E-state index contributed by atoms with van der Waals surface area (Å²) in [6.45, 7) is 0.158. The van der Waals surface area contributed by atoms with Gasteiger partial charge in [-0.25, -0.2) is 18.2 Å².